The summed E-state index contributed by atoms with van der Waals surface area (Å²) in [5, 5.41) is 0.760. The number of fused-ring (bicyclic) bond motifs is 1. The predicted molar refractivity (Wildman–Crippen MR) is 52.9 cm³/mol. The van der Waals surface area contributed by atoms with Gasteiger partial charge in [-0.05, 0) is 34.7 Å². The summed E-state index contributed by atoms with van der Waals surface area (Å²) in [4.78, 5) is 4.12. The summed E-state index contributed by atoms with van der Waals surface area (Å²) in [6.07, 6.45) is 3.65. The quantitative estimate of drug-likeness (QED) is 0.535. The van der Waals surface area contributed by atoms with Crippen molar-refractivity contribution in [3.63, 3.8) is 0 Å². The average molecular weight is 278 g/mol. The molecule has 0 spiro atoms. The second-order valence-corrected chi connectivity index (χ2v) is 3.56. The number of aromatic nitrogens is 2. The highest BCUT2D eigenvalue weighted by atomic mass is 127. The minimum Gasteiger partial charge on any atom is -0.293 e. The normalized spacial score (nSPS) is 10.7. The summed E-state index contributed by atoms with van der Waals surface area (Å²) in [7, 11) is 0. The molecule has 2 nitrogen and oxygen atoms in total. The van der Waals surface area contributed by atoms with E-state index in [0.29, 0.717) is 0 Å². The summed E-state index contributed by atoms with van der Waals surface area (Å²) in [6, 6.07) is 3.75. The van der Waals surface area contributed by atoms with E-state index in [1.54, 1.807) is 6.20 Å². The molecule has 0 fully saturated rings. The zero-order valence-corrected chi connectivity index (χ0v) is 8.37. The van der Waals surface area contributed by atoms with E-state index < -0.39 is 0 Å². The van der Waals surface area contributed by atoms with Crippen LogP contribution in [-0.4, -0.2) is 9.38 Å². The summed E-state index contributed by atoms with van der Waals surface area (Å²) in [6.45, 7) is 0. The lowest BCUT2D eigenvalue weighted by Gasteiger charge is -1.98. The van der Waals surface area contributed by atoms with Gasteiger partial charge in [-0.3, -0.25) is 4.40 Å². The van der Waals surface area contributed by atoms with Gasteiger partial charge in [0, 0.05) is 12.4 Å². The molecule has 0 saturated carbocycles. The van der Waals surface area contributed by atoms with Crippen molar-refractivity contribution in [2.24, 2.45) is 0 Å². The average Bonchev–Trinajstić information content (AvgIpc) is 2.45. The molecule has 0 atom stereocenters. The maximum absolute atomic E-state index is 5.89. The molecule has 0 aliphatic rings. The van der Waals surface area contributed by atoms with Gasteiger partial charge >= 0.3 is 0 Å². The van der Waals surface area contributed by atoms with Gasteiger partial charge in [-0.15, -0.1) is 0 Å². The number of imidazole rings is 1. The standard InChI is InChI=1S/C7H4ClIN2/c8-5-1-2-6-10-3-4-11(6)7(5)9/h1-4H. The van der Waals surface area contributed by atoms with Crippen LogP contribution in [-0.2, 0) is 0 Å². The van der Waals surface area contributed by atoms with Gasteiger partial charge in [0.25, 0.3) is 0 Å². The highest BCUT2D eigenvalue weighted by Gasteiger charge is 2.00. The van der Waals surface area contributed by atoms with Gasteiger partial charge in [-0.1, -0.05) is 11.6 Å². The third-order valence-electron chi connectivity index (χ3n) is 1.46. The van der Waals surface area contributed by atoms with E-state index >= 15 is 0 Å². The number of hydrogen-bond donors (Lipinski definition) is 0. The van der Waals surface area contributed by atoms with Crippen molar-refractivity contribution >= 4 is 39.8 Å². The second kappa shape index (κ2) is 2.64. The number of halogens is 2. The van der Waals surface area contributed by atoms with E-state index in [2.05, 4.69) is 27.6 Å². The molecule has 0 amide bonds. The second-order valence-electron chi connectivity index (χ2n) is 2.13. The van der Waals surface area contributed by atoms with Crippen LogP contribution in [0.2, 0.25) is 5.02 Å². The SMILES string of the molecule is Clc1ccc2nccn2c1I. The molecule has 0 bridgehead atoms. The van der Waals surface area contributed by atoms with Crippen LogP contribution in [0.1, 0.15) is 0 Å². The Hall–Kier alpha value is -0.290. The fourth-order valence-corrected chi connectivity index (χ4v) is 1.68. The molecular formula is C7H4ClIN2. The third kappa shape index (κ3) is 1.12. The fourth-order valence-electron chi connectivity index (χ4n) is 0.936. The molecule has 4 heteroatoms. The molecule has 2 aromatic rings. The highest BCUT2D eigenvalue weighted by Crippen LogP contribution is 2.18. The van der Waals surface area contributed by atoms with Crippen LogP contribution in [0.5, 0.6) is 0 Å². The van der Waals surface area contributed by atoms with Crippen LogP contribution in [0.4, 0.5) is 0 Å². The van der Waals surface area contributed by atoms with Gasteiger partial charge in [-0.25, -0.2) is 4.98 Å². The van der Waals surface area contributed by atoms with Crippen molar-refractivity contribution in [1.29, 1.82) is 0 Å². The molecule has 0 radical (unpaired) electrons. The van der Waals surface area contributed by atoms with Gasteiger partial charge in [0.05, 0.1) is 5.02 Å². The van der Waals surface area contributed by atoms with Crippen LogP contribution in [0.25, 0.3) is 5.65 Å². The van der Waals surface area contributed by atoms with Gasteiger partial charge in [0.2, 0.25) is 0 Å². The molecule has 0 aliphatic carbocycles. The summed E-state index contributed by atoms with van der Waals surface area (Å²) in [5.74, 6) is 0. The molecular weight excluding hydrogens is 274 g/mol. The number of nitrogens with zero attached hydrogens (tertiary/aromatic N) is 2. The van der Waals surface area contributed by atoms with E-state index in [0.717, 1.165) is 14.4 Å². The van der Waals surface area contributed by atoms with Crippen molar-refractivity contribution in [2.45, 2.75) is 0 Å². The summed E-state index contributed by atoms with van der Waals surface area (Å²) < 4.78 is 2.95. The predicted octanol–water partition coefficient (Wildman–Crippen LogP) is 2.59. The Bertz CT molecular complexity index is 396. The van der Waals surface area contributed by atoms with Crippen molar-refractivity contribution in [3.8, 4) is 0 Å². The monoisotopic (exact) mass is 278 g/mol. The number of pyridine rings is 1. The van der Waals surface area contributed by atoms with Crippen molar-refractivity contribution < 1.29 is 0 Å². The first-order chi connectivity index (χ1) is 5.29. The van der Waals surface area contributed by atoms with Crippen LogP contribution in [0.15, 0.2) is 24.5 Å². The number of rotatable bonds is 0. The minimum atomic E-state index is 0.760. The minimum absolute atomic E-state index is 0.760. The van der Waals surface area contributed by atoms with Crippen molar-refractivity contribution in [1.82, 2.24) is 9.38 Å². The molecule has 0 aromatic carbocycles. The van der Waals surface area contributed by atoms with E-state index in [9.17, 15) is 0 Å². The van der Waals surface area contributed by atoms with E-state index in [-0.39, 0.29) is 0 Å². The lowest BCUT2D eigenvalue weighted by molar-refractivity contribution is 1.14. The fraction of sp³-hybridized carbons (Fsp3) is 0. The molecule has 56 valence electrons. The van der Waals surface area contributed by atoms with Crippen molar-refractivity contribution in [2.75, 3.05) is 0 Å². The Morgan fingerprint density at radius 3 is 3.09 bits per heavy atom. The Labute approximate surface area is 82.3 Å². The van der Waals surface area contributed by atoms with E-state index in [1.165, 1.54) is 0 Å². The van der Waals surface area contributed by atoms with Gasteiger partial charge in [-0.2, -0.15) is 0 Å². The van der Waals surface area contributed by atoms with Crippen LogP contribution < -0.4 is 0 Å². The summed E-state index contributed by atoms with van der Waals surface area (Å²) in [5.41, 5.74) is 0.929. The largest absolute Gasteiger partial charge is 0.293 e. The van der Waals surface area contributed by atoms with E-state index in [4.69, 9.17) is 11.6 Å². The van der Waals surface area contributed by atoms with Gasteiger partial charge in [0.1, 0.15) is 9.35 Å². The lowest BCUT2D eigenvalue weighted by Crippen LogP contribution is -1.89. The third-order valence-corrected chi connectivity index (χ3v) is 3.18. The zero-order chi connectivity index (χ0) is 7.84. The highest BCUT2D eigenvalue weighted by molar-refractivity contribution is 14.1. The summed E-state index contributed by atoms with van der Waals surface area (Å²) >= 11 is 8.08. The molecule has 0 N–H and O–H groups in total. The lowest BCUT2D eigenvalue weighted by atomic mass is 10.5. The zero-order valence-electron chi connectivity index (χ0n) is 5.46. The van der Waals surface area contributed by atoms with Crippen LogP contribution in [0.3, 0.4) is 0 Å². The van der Waals surface area contributed by atoms with Crippen LogP contribution >= 0.6 is 34.2 Å². The maximum atomic E-state index is 5.89. The molecule has 2 aromatic heterocycles. The smallest absolute Gasteiger partial charge is 0.137 e. The first-order valence-electron chi connectivity index (χ1n) is 3.06. The van der Waals surface area contributed by atoms with Crippen LogP contribution in [0, 0.1) is 3.70 Å². The molecule has 0 saturated heterocycles. The molecule has 2 rings (SSSR count). The Morgan fingerprint density at radius 2 is 2.27 bits per heavy atom. The van der Waals surface area contributed by atoms with Gasteiger partial charge < -0.3 is 0 Å². The van der Waals surface area contributed by atoms with E-state index in [1.807, 2.05) is 22.7 Å². The first kappa shape index (κ1) is 7.36. The molecule has 11 heavy (non-hydrogen) atoms. The van der Waals surface area contributed by atoms with Gasteiger partial charge in [0.15, 0.2) is 0 Å². The molecule has 0 unspecified atom stereocenters. The Kier molecular flexibility index (Phi) is 1.77. The van der Waals surface area contributed by atoms with Crippen molar-refractivity contribution in [3.05, 3.63) is 33.2 Å². The molecule has 2 heterocycles. The number of hydrogen-bond acceptors (Lipinski definition) is 1. The molecule has 0 aliphatic heterocycles. The first-order valence-corrected chi connectivity index (χ1v) is 4.52. The Balaban J connectivity index is 2.93. The topological polar surface area (TPSA) is 17.3 Å². The Morgan fingerprint density at radius 1 is 1.45 bits per heavy atom. The maximum Gasteiger partial charge on any atom is 0.137 e.